The molecule has 0 bridgehead atoms. The number of hydrogen-bond acceptors (Lipinski definition) is 8. The van der Waals surface area contributed by atoms with Crippen LogP contribution in [0, 0.1) is 0 Å². The van der Waals surface area contributed by atoms with E-state index in [-0.39, 0.29) is 23.7 Å². The molecule has 0 radical (unpaired) electrons. The number of aliphatic carboxylic acids is 1. The zero-order chi connectivity index (χ0) is 25.2. The Kier molecular flexibility index (Phi) is 8.82. The minimum Gasteiger partial charge on any atom is -0.493 e. The van der Waals surface area contributed by atoms with E-state index in [1.165, 1.54) is 26.4 Å². The van der Waals surface area contributed by atoms with Gasteiger partial charge in [0, 0.05) is 31.6 Å². The monoisotopic (exact) mass is 480 g/mol. The molecule has 3 rings (SSSR count). The molecule has 0 unspecified atom stereocenters. The quantitative estimate of drug-likeness (QED) is 0.358. The van der Waals surface area contributed by atoms with Crippen LogP contribution in [0.3, 0.4) is 0 Å². The van der Waals surface area contributed by atoms with Crippen LogP contribution in [0.15, 0.2) is 54.6 Å². The van der Waals surface area contributed by atoms with Crippen molar-refractivity contribution in [3.05, 3.63) is 71.4 Å². The van der Waals surface area contributed by atoms with Crippen LogP contribution in [0.1, 0.15) is 21.6 Å². The Balaban J connectivity index is 1.58. The van der Waals surface area contributed by atoms with E-state index in [0.717, 1.165) is 17.1 Å². The van der Waals surface area contributed by atoms with Gasteiger partial charge in [0.2, 0.25) is 11.8 Å². The van der Waals surface area contributed by atoms with Gasteiger partial charge < -0.3 is 30.0 Å². The molecule has 0 saturated heterocycles. The van der Waals surface area contributed by atoms with E-state index in [1.54, 1.807) is 24.3 Å². The maximum Gasteiger partial charge on any atom is 0.326 e. The summed E-state index contributed by atoms with van der Waals surface area (Å²) in [6.45, 7) is 0.449. The molecule has 3 N–H and O–H groups in total. The highest BCUT2D eigenvalue weighted by molar-refractivity contribution is 5.98. The number of carboxylic acid groups (broad SMARTS) is 1. The van der Waals surface area contributed by atoms with Gasteiger partial charge in [-0.15, -0.1) is 0 Å². The lowest BCUT2D eigenvalue weighted by atomic mass is 10.1. The summed E-state index contributed by atoms with van der Waals surface area (Å²) in [5.74, 6) is 0.00596. The topological polar surface area (TPSA) is 132 Å². The normalized spacial score (nSPS) is 11.3. The first-order valence-corrected chi connectivity index (χ1v) is 10.9. The molecule has 35 heavy (non-hydrogen) atoms. The first-order chi connectivity index (χ1) is 16.9. The minimum atomic E-state index is -1.16. The van der Waals surface area contributed by atoms with E-state index < -0.39 is 17.9 Å². The van der Waals surface area contributed by atoms with Gasteiger partial charge in [0.15, 0.2) is 0 Å². The first kappa shape index (κ1) is 25.3. The lowest BCUT2D eigenvalue weighted by molar-refractivity contribution is -0.139. The second kappa shape index (κ2) is 12.2. The summed E-state index contributed by atoms with van der Waals surface area (Å²) in [5.41, 5.74) is 1.75. The molecule has 0 saturated carbocycles. The number of carbonyl (C=O) groups is 2. The van der Waals surface area contributed by atoms with Crippen LogP contribution >= 0.6 is 0 Å². The molecular weight excluding hydrogens is 452 g/mol. The van der Waals surface area contributed by atoms with Crippen molar-refractivity contribution in [1.82, 2.24) is 15.3 Å². The van der Waals surface area contributed by atoms with Gasteiger partial charge in [-0.3, -0.25) is 4.79 Å². The van der Waals surface area contributed by atoms with Gasteiger partial charge in [0.05, 0.1) is 20.8 Å². The maximum atomic E-state index is 12.7. The number of amides is 1. The molecule has 2 heterocycles. The van der Waals surface area contributed by atoms with Crippen LogP contribution in [0.5, 0.6) is 17.5 Å². The second-order valence-corrected chi connectivity index (χ2v) is 7.49. The Morgan fingerprint density at radius 2 is 1.77 bits per heavy atom. The number of anilines is 1. The Labute approximate surface area is 203 Å². The highest BCUT2D eigenvalue weighted by atomic mass is 16.5. The van der Waals surface area contributed by atoms with Crippen LogP contribution in [-0.4, -0.2) is 60.9 Å². The zero-order valence-corrected chi connectivity index (χ0v) is 19.8. The molecule has 2 aromatic heterocycles. The summed E-state index contributed by atoms with van der Waals surface area (Å²) in [5, 5.41) is 15.2. The number of carbonyl (C=O) groups excluding carboxylic acids is 1. The highest BCUT2D eigenvalue weighted by Crippen LogP contribution is 2.20. The summed E-state index contributed by atoms with van der Waals surface area (Å²) in [6.07, 6.45) is 0.738. The lowest BCUT2D eigenvalue weighted by Gasteiger charge is -2.16. The van der Waals surface area contributed by atoms with E-state index in [4.69, 9.17) is 14.2 Å². The third-order valence-corrected chi connectivity index (χ3v) is 5.14. The summed E-state index contributed by atoms with van der Waals surface area (Å²) >= 11 is 0. The number of benzene rings is 1. The van der Waals surface area contributed by atoms with Crippen molar-refractivity contribution in [1.29, 1.82) is 0 Å². The van der Waals surface area contributed by atoms with E-state index in [0.29, 0.717) is 18.8 Å². The summed E-state index contributed by atoms with van der Waals surface area (Å²) in [7, 11) is 4.63. The number of ether oxygens (including phenoxy) is 3. The zero-order valence-electron chi connectivity index (χ0n) is 19.8. The summed E-state index contributed by atoms with van der Waals surface area (Å²) in [6, 6.07) is 14.7. The summed E-state index contributed by atoms with van der Waals surface area (Å²) in [4.78, 5) is 33.0. The lowest BCUT2D eigenvalue weighted by Crippen LogP contribution is -2.42. The van der Waals surface area contributed by atoms with Gasteiger partial charge in [-0.1, -0.05) is 18.2 Å². The fourth-order valence-corrected chi connectivity index (χ4v) is 3.29. The van der Waals surface area contributed by atoms with Gasteiger partial charge in [0.25, 0.3) is 5.91 Å². The molecule has 0 spiro atoms. The molecule has 1 amide bonds. The van der Waals surface area contributed by atoms with Crippen molar-refractivity contribution in [3.63, 3.8) is 0 Å². The van der Waals surface area contributed by atoms with E-state index in [9.17, 15) is 14.7 Å². The Hall–Kier alpha value is -4.34. The van der Waals surface area contributed by atoms with Crippen LogP contribution in [0.2, 0.25) is 0 Å². The van der Waals surface area contributed by atoms with E-state index >= 15 is 0 Å². The number of aromatic nitrogens is 2. The number of rotatable bonds is 12. The molecule has 0 aliphatic rings. The number of methoxy groups -OCH3 is 2. The fraction of sp³-hybridized carbons (Fsp3) is 0.280. The first-order valence-electron chi connectivity index (χ1n) is 10.9. The van der Waals surface area contributed by atoms with Gasteiger partial charge in [-0.05, 0) is 35.9 Å². The van der Waals surface area contributed by atoms with Gasteiger partial charge in [-0.2, -0.15) is 4.98 Å². The molecule has 1 atom stereocenters. The van der Waals surface area contributed by atoms with Crippen molar-refractivity contribution < 1.29 is 28.9 Å². The Morgan fingerprint density at radius 3 is 2.43 bits per heavy atom. The van der Waals surface area contributed by atoms with Crippen molar-refractivity contribution in [2.24, 2.45) is 0 Å². The minimum absolute atomic E-state index is 0.0420. The number of hydrogen-bond donors (Lipinski definition) is 3. The third-order valence-electron chi connectivity index (χ3n) is 5.14. The van der Waals surface area contributed by atoms with Crippen molar-refractivity contribution in [2.45, 2.75) is 18.9 Å². The van der Waals surface area contributed by atoms with E-state index in [2.05, 4.69) is 20.6 Å². The van der Waals surface area contributed by atoms with Crippen LogP contribution in [0.4, 0.5) is 5.82 Å². The average molecular weight is 481 g/mol. The SMILES string of the molecule is CNc1cccc(CCOc2ccc(C[C@H](NC(=O)c3ccc(OC)nc3OC)C(=O)O)cc2)n1. The average Bonchev–Trinajstić information content (AvgIpc) is 2.88. The van der Waals surface area contributed by atoms with Crippen LogP contribution < -0.4 is 24.8 Å². The van der Waals surface area contributed by atoms with Crippen LogP contribution in [0.25, 0.3) is 0 Å². The van der Waals surface area contributed by atoms with Gasteiger partial charge in [-0.25, -0.2) is 9.78 Å². The molecule has 1 aromatic carbocycles. The largest absolute Gasteiger partial charge is 0.493 e. The standard InChI is InChI=1S/C25H28N4O6/c1-26-21-6-4-5-17(27-21)13-14-35-18-9-7-16(8-10-18)15-20(25(31)32)28-23(30)19-11-12-22(33-2)29-24(19)34-3/h4-12,20H,13-15H2,1-3H3,(H,26,27)(H,28,30)(H,31,32)/t20-/m0/s1. The number of carboxylic acids is 1. The molecule has 0 aliphatic carbocycles. The molecule has 10 nitrogen and oxygen atoms in total. The maximum absolute atomic E-state index is 12.7. The fourth-order valence-electron chi connectivity index (χ4n) is 3.29. The van der Waals surface area contributed by atoms with Crippen molar-refractivity contribution in [2.75, 3.05) is 33.2 Å². The molecule has 0 fully saturated rings. The number of pyridine rings is 2. The van der Waals surface area contributed by atoms with Crippen LogP contribution in [-0.2, 0) is 17.6 Å². The third kappa shape index (κ3) is 7.07. The number of nitrogens with zero attached hydrogens (tertiary/aromatic N) is 2. The molecule has 184 valence electrons. The van der Waals surface area contributed by atoms with Gasteiger partial charge >= 0.3 is 5.97 Å². The Bertz CT molecular complexity index is 1150. The molecular formula is C25H28N4O6. The van der Waals surface area contributed by atoms with Gasteiger partial charge in [0.1, 0.15) is 23.2 Å². The molecule has 10 heteroatoms. The number of nitrogens with one attached hydrogen (secondary N) is 2. The summed E-state index contributed by atoms with van der Waals surface area (Å²) < 4.78 is 15.9. The van der Waals surface area contributed by atoms with E-state index in [1.807, 2.05) is 25.2 Å². The highest BCUT2D eigenvalue weighted by Gasteiger charge is 2.23. The van der Waals surface area contributed by atoms with Crippen molar-refractivity contribution in [3.8, 4) is 17.5 Å². The second-order valence-electron chi connectivity index (χ2n) is 7.49. The predicted molar refractivity (Wildman–Crippen MR) is 129 cm³/mol. The Morgan fingerprint density at radius 1 is 1.00 bits per heavy atom. The molecule has 0 aliphatic heterocycles. The smallest absolute Gasteiger partial charge is 0.326 e. The predicted octanol–water partition coefficient (Wildman–Crippen LogP) is 2.58. The molecule has 3 aromatic rings. The van der Waals surface area contributed by atoms with Crippen molar-refractivity contribution >= 4 is 17.7 Å².